The number of ether oxygens (including phenoxy) is 1. The first kappa shape index (κ1) is 23.7. The van der Waals surface area contributed by atoms with E-state index in [0.29, 0.717) is 32.2 Å². The number of nitrogens with zero attached hydrogens (tertiary/aromatic N) is 1. The molecule has 0 N–H and O–H groups in total. The van der Waals surface area contributed by atoms with E-state index >= 15 is 0 Å². The molecule has 0 aromatic heterocycles. The molecule has 5 heteroatoms. The minimum atomic E-state index is -0.740. The van der Waals surface area contributed by atoms with Crippen molar-refractivity contribution in [3.8, 4) is 0 Å². The van der Waals surface area contributed by atoms with Gasteiger partial charge in [-0.15, -0.1) is 0 Å². The molecule has 0 spiro atoms. The van der Waals surface area contributed by atoms with Crippen LogP contribution in [0, 0.1) is 5.41 Å². The van der Waals surface area contributed by atoms with Crippen molar-refractivity contribution in [2.24, 2.45) is 5.41 Å². The molecular formula is C27H33NO4. The summed E-state index contributed by atoms with van der Waals surface area (Å²) in [5, 5.41) is 0. The third-order valence-corrected chi connectivity index (χ3v) is 6.45. The molecule has 5 nitrogen and oxygen atoms in total. The number of hydrogen-bond acceptors (Lipinski definition) is 4. The number of rotatable bonds is 9. The van der Waals surface area contributed by atoms with E-state index < -0.39 is 35.2 Å². The quantitative estimate of drug-likeness (QED) is 0.415. The third-order valence-electron chi connectivity index (χ3n) is 6.45. The van der Waals surface area contributed by atoms with Gasteiger partial charge < -0.3 is 9.64 Å². The summed E-state index contributed by atoms with van der Waals surface area (Å²) in [6.45, 7) is 5.83. The van der Waals surface area contributed by atoms with Gasteiger partial charge >= 0.3 is 5.97 Å². The zero-order valence-corrected chi connectivity index (χ0v) is 19.3. The molecule has 2 aromatic carbocycles. The Morgan fingerprint density at radius 1 is 1.03 bits per heavy atom. The molecule has 1 saturated heterocycles. The van der Waals surface area contributed by atoms with E-state index in [1.807, 2.05) is 55.5 Å². The first-order valence-corrected chi connectivity index (χ1v) is 11.5. The van der Waals surface area contributed by atoms with E-state index in [0.717, 1.165) is 12.0 Å². The Kier molecular flexibility index (Phi) is 7.84. The second kappa shape index (κ2) is 10.6. The van der Waals surface area contributed by atoms with Crippen LogP contribution in [0.1, 0.15) is 63.7 Å². The fourth-order valence-corrected chi connectivity index (χ4v) is 3.96. The number of Topliss-reactive ketones (excluding diaryl/α,β-unsaturated/α-hetero) is 1. The Labute approximate surface area is 190 Å². The summed E-state index contributed by atoms with van der Waals surface area (Å²) >= 11 is 0. The smallest absolute Gasteiger partial charge is 0.329 e. The Balaban J connectivity index is 1.73. The van der Waals surface area contributed by atoms with Gasteiger partial charge in [0.2, 0.25) is 5.78 Å². The molecule has 2 atom stereocenters. The summed E-state index contributed by atoms with van der Waals surface area (Å²) in [5.74, 6) is -1.44. The second-order valence-electron chi connectivity index (χ2n) is 9.08. The molecule has 0 aliphatic carbocycles. The zero-order valence-electron chi connectivity index (χ0n) is 19.3. The van der Waals surface area contributed by atoms with E-state index in [1.165, 1.54) is 10.5 Å². The fourth-order valence-electron chi connectivity index (χ4n) is 3.96. The number of benzene rings is 2. The van der Waals surface area contributed by atoms with Crippen LogP contribution in [0.5, 0.6) is 0 Å². The Bertz CT molecular complexity index is 923. The maximum Gasteiger partial charge on any atom is 0.329 e. The van der Waals surface area contributed by atoms with Crippen molar-refractivity contribution in [3.05, 3.63) is 71.8 Å². The highest BCUT2D eigenvalue weighted by Gasteiger charge is 2.42. The second-order valence-corrected chi connectivity index (χ2v) is 9.08. The number of amides is 1. The molecule has 1 fully saturated rings. The number of likely N-dealkylation sites (tertiary alicyclic amines) is 1. The van der Waals surface area contributed by atoms with E-state index in [-0.39, 0.29) is 0 Å². The molecule has 32 heavy (non-hydrogen) atoms. The van der Waals surface area contributed by atoms with Crippen LogP contribution in [0.4, 0.5) is 0 Å². The lowest BCUT2D eigenvalue weighted by molar-refractivity contribution is -0.161. The first-order valence-electron chi connectivity index (χ1n) is 11.5. The van der Waals surface area contributed by atoms with Crippen LogP contribution in [0.15, 0.2) is 60.7 Å². The van der Waals surface area contributed by atoms with Crippen LogP contribution in [0.3, 0.4) is 0 Å². The average molecular weight is 436 g/mol. The lowest BCUT2D eigenvalue weighted by atomic mass is 9.84. The van der Waals surface area contributed by atoms with Crippen molar-refractivity contribution in [1.82, 2.24) is 4.90 Å². The SMILES string of the molecule is CCC(C)(C)C(=O)C(=O)N1CCC[C@H]1C(=O)OC(CCc1ccccc1)c1ccccc1. The van der Waals surface area contributed by atoms with E-state index in [1.54, 1.807) is 13.8 Å². The van der Waals surface area contributed by atoms with E-state index in [2.05, 4.69) is 12.1 Å². The maximum atomic E-state index is 13.2. The molecule has 0 bridgehead atoms. The zero-order chi connectivity index (χ0) is 23.1. The molecule has 1 aliphatic rings. The van der Waals surface area contributed by atoms with Crippen molar-refractivity contribution >= 4 is 17.7 Å². The van der Waals surface area contributed by atoms with Gasteiger partial charge in [-0.1, -0.05) is 81.4 Å². The standard InChI is InChI=1S/C27H33NO4/c1-4-27(2,3)24(29)25(30)28-19-11-16-22(28)26(31)32-23(21-14-9-6-10-15-21)18-17-20-12-7-5-8-13-20/h5-10,12-15,22-23H,4,11,16-19H2,1-3H3/t22-,23?/m0/s1. The predicted molar refractivity (Wildman–Crippen MR) is 124 cm³/mol. The number of carbonyl (C=O) groups excluding carboxylic acids is 3. The molecule has 1 unspecified atom stereocenters. The van der Waals surface area contributed by atoms with Crippen molar-refractivity contribution in [3.63, 3.8) is 0 Å². The van der Waals surface area contributed by atoms with Crippen LogP contribution in [-0.4, -0.2) is 35.1 Å². The number of carbonyl (C=O) groups is 3. The molecule has 1 amide bonds. The van der Waals surface area contributed by atoms with Gasteiger partial charge in [0.25, 0.3) is 5.91 Å². The van der Waals surface area contributed by atoms with Gasteiger partial charge in [-0.2, -0.15) is 0 Å². The minimum absolute atomic E-state index is 0.407. The third kappa shape index (κ3) is 5.64. The summed E-state index contributed by atoms with van der Waals surface area (Å²) in [7, 11) is 0. The van der Waals surface area contributed by atoms with E-state index in [4.69, 9.17) is 4.74 Å². The number of ketones is 1. The van der Waals surface area contributed by atoms with Crippen LogP contribution in [0.2, 0.25) is 0 Å². The number of hydrogen-bond donors (Lipinski definition) is 0. The van der Waals surface area contributed by atoms with Gasteiger partial charge in [0.1, 0.15) is 12.1 Å². The van der Waals surface area contributed by atoms with Crippen LogP contribution < -0.4 is 0 Å². The van der Waals surface area contributed by atoms with Gasteiger partial charge in [0.05, 0.1) is 0 Å². The van der Waals surface area contributed by atoms with Crippen molar-refractivity contribution in [2.45, 2.75) is 65.0 Å². The Hall–Kier alpha value is -2.95. The highest BCUT2D eigenvalue weighted by Crippen LogP contribution is 2.29. The minimum Gasteiger partial charge on any atom is -0.456 e. The summed E-state index contributed by atoms with van der Waals surface area (Å²) in [6, 6.07) is 19.1. The van der Waals surface area contributed by atoms with E-state index in [9.17, 15) is 14.4 Å². The normalized spacial score (nSPS) is 17.1. The van der Waals surface area contributed by atoms with Crippen molar-refractivity contribution in [1.29, 1.82) is 0 Å². The number of esters is 1. The Morgan fingerprint density at radius 3 is 2.28 bits per heavy atom. The summed E-state index contributed by atoms with van der Waals surface area (Å²) < 4.78 is 5.97. The van der Waals surface area contributed by atoms with Crippen LogP contribution in [0.25, 0.3) is 0 Å². The molecular weight excluding hydrogens is 402 g/mol. The Morgan fingerprint density at radius 2 is 1.66 bits per heavy atom. The van der Waals surface area contributed by atoms with Gasteiger partial charge in [0, 0.05) is 12.0 Å². The monoisotopic (exact) mass is 435 g/mol. The highest BCUT2D eigenvalue weighted by atomic mass is 16.5. The largest absolute Gasteiger partial charge is 0.456 e. The van der Waals surface area contributed by atoms with Crippen molar-refractivity contribution in [2.75, 3.05) is 6.54 Å². The maximum absolute atomic E-state index is 13.2. The average Bonchev–Trinajstić information content (AvgIpc) is 3.32. The van der Waals surface area contributed by atoms with Crippen LogP contribution in [-0.2, 0) is 25.5 Å². The molecule has 0 saturated carbocycles. The molecule has 0 radical (unpaired) electrons. The van der Waals surface area contributed by atoms with Gasteiger partial charge in [0.15, 0.2) is 0 Å². The number of aryl methyl sites for hydroxylation is 1. The summed E-state index contributed by atoms with van der Waals surface area (Å²) in [6.07, 6.45) is 2.77. The first-order chi connectivity index (χ1) is 15.3. The highest BCUT2D eigenvalue weighted by molar-refractivity contribution is 6.38. The van der Waals surface area contributed by atoms with Gasteiger partial charge in [-0.05, 0) is 43.2 Å². The summed E-state index contributed by atoms with van der Waals surface area (Å²) in [5.41, 5.74) is 1.36. The van der Waals surface area contributed by atoms with Gasteiger partial charge in [-0.3, -0.25) is 9.59 Å². The van der Waals surface area contributed by atoms with Crippen molar-refractivity contribution < 1.29 is 19.1 Å². The van der Waals surface area contributed by atoms with Crippen LogP contribution >= 0.6 is 0 Å². The molecule has 1 heterocycles. The molecule has 1 aliphatic heterocycles. The molecule has 3 rings (SSSR count). The molecule has 2 aromatic rings. The molecule has 170 valence electrons. The lowest BCUT2D eigenvalue weighted by Gasteiger charge is -2.28. The predicted octanol–water partition coefficient (Wildman–Crippen LogP) is 4.90. The lowest BCUT2D eigenvalue weighted by Crippen LogP contribution is -2.48. The summed E-state index contributed by atoms with van der Waals surface area (Å²) in [4.78, 5) is 40.2. The fraction of sp³-hybridized carbons (Fsp3) is 0.444. The van der Waals surface area contributed by atoms with Gasteiger partial charge in [-0.25, -0.2) is 4.79 Å². The topological polar surface area (TPSA) is 63.7 Å².